The number of halogens is 1. The zero-order valence-electron chi connectivity index (χ0n) is 10.3. The highest BCUT2D eigenvalue weighted by atomic mass is 79.9. The Morgan fingerprint density at radius 1 is 1.47 bits per heavy atom. The summed E-state index contributed by atoms with van der Waals surface area (Å²) in [6.07, 6.45) is 0.0340. The van der Waals surface area contributed by atoms with Crippen molar-refractivity contribution >= 4 is 33.8 Å². The first-order chi connectivity index (χ1) is 9.06. The molecule has 1 aromatic carbocycles. The molecule has 1 aromatic rings. The van der Waals surface area contributed by atoms with Crippen LogP contribution in [0.25, 0.3) is 0 Å². The number of carbonyl (C=O) groups is 1. The van der Waals surface area contributed by atoms with Gasteiger partial charge in [-0.3, -0.25) is 0 Å². The Labute approximate surface area is 124 Å². The summed E-state index contributed by atoms with van der Waals surface area (Å²) < 4.78 is 1.01. The van der Waals surface area contributed by atoms with Gasteiger partial charge in [-0.15, -0.1) is 11.8 Å². The van der Waals surface area contributed by atoms with Crippen LogP contribution >= 0.6 is 27.7 Å². The summed E-state index contributed by atoms with van der Waals surface area (Å²) in [6.45, 7) is 0.697. The van der Waals surface area contributed by atoms with E-state index < -0.39 is 12.2 Å². The maximum atomic E-state index is 11.0. The fourth-order valence-corrected chi connectivity index (χ4v) is 3.92. The number of β-amino-alcohol motifs (C(OH)–C–C–N with tert-alkyl or cyclic N) is 1. The normalized spacial score (nSPS) is 24.0. The number of carboxylic acid groups (broad SMARTS) is 1. The molecule has 0 aromatic heterocycles. The van der Waals surface area contributed by atoms with Gasteiger partial charge in [0.05, 0.1) is 12.6 Å². The van der Waals surface area contributed by atoms with Crippen molar-refractivity contribution in [1.82, 2.24) is 4.90 Å². The van der Waals surface area contributed by atoms with Crippen molar-refractivity contribution in [3.8, 4) is 0 Å². The molecule has 1 fully saturated rings. The third kappa shape index (κ3) is 4.12. The Balaban J connectivity index is 2.02. The van der Waals surface area contributed by atoms with Crippen molar-refractivity contribution in [2.45, 2.75) is 29.1 Å². The second kappa shape index (κ2) is 6.63. The molecule has 0 aliphatic carbocycles. The number of hydrogen-bond acceptors (Lipinski definition) is 3. The second-order valence-electron chi connectivity index (χ2n) is 4.55. The minimum Gasteiger partial charge on any atom is -0.465 e. The standard InChI is InChI=1S/C13H16BrNO3S/c14-9-3-1-4-10(7-9)19-12-5-2-6-15(13(17)18)8-11(12)16/h1,3-4,7,11-12,16H,2,5-6,8H2,(H,17,18). The van der Waals surface area contributed by atoms with E-state index in [1.54, 1.807) is 11.8 Å². The van der Waals surface area contributed by atoms with Gasteiger partial charge < -0.3 is 15.1 Å². The van der Waals surface area contributed by atoms with Crippen molar-refractivity contribution in [3.63, 3.8) is 0 Å². The number of aliphatic hydroxyl groups excluding tert-OH is 1. The molecule has 0 bridgehead atoms. The van der Waals surface area contributed by atoms with Crippen LogP contribution in [-0.4, -0.2) is 45.6 Å². The molecule has 0 spiro atoms. The van der Waals surface area contributed by atoms with Crippen LogP contribution < -0.4 is 0 Å². The number of nitrogens with zero attached hydrogens (tertiary/aromatic N) is 1. The Kier molecular flexibility index (Phi) is 5.13. The van der Waals surface area contributed by atoms with Crippen LogP contribution in [0, 0.1) is 0 Å². The van der Waals surface area contributed by atoms with Crippen molar-refractivity contribution < 1.29 is 15.0 Å². The van der Waals surface area contributed by atoms with Gasteiger partial charge in [-0.05, 0) is 31.0 Å². The van der Waals surface area contributed by atoms with Gasteiger partial charge >= 0.3 is 6.09 Å². The lowest BCUT2D eigenvalue weighted by Crippen LogP contribution is -2.38. The van der Waals surface area contributed by atoms with Crippen LogP contribution in [0.15, 0.2) is 33.6 Å². The predicted octanol–water partition coefficient (Wildman–Crippen LogP) is 3.04. The molecule has 2 rings (SSSR count). The van der Waals surface area contributed by atoms with Crippen molar-refractivity contribution in [2.75, 3.05) is 13.1 Å². The molecule has 19 heavy (non-hydrogen) atoms. The van der Waals surface area contributed by atoms with Crippen LogP contribution in [0.2, 0.25) is 0 Å². The van der Waals surface area contributed by atoms with Crippen LogP contribution in [-0.2, 0) is 0 Å². The summed E-state index contributed by atoms with van der Waals surface area (Å²) >= 11 is 5.04. The van der Waals surface area contributed by atoms with Gasteiger partial charge in [-0.25, -0.2) is 4.79 Å². The maximum absolute atomic E-state index is 11.0. The van der Waals surface area contributed by atoms with Gasteiger partial charge in [0, 0.05) is 21.2 Å². The number of rotatable bonds is 2. The van der Waals surface area contributed by atoms with Gasteiger partial charge in [-0.1, -0.05) is 22.0 Å². The number of thioether (sulfide) groups is 1. The number of likely N-dealkylation sites (tertiary alicyclic amines) is 1. The van der Waals surface area contributed by atoms with Gasteiger partial charge in [0.15, 0.2) is 0 Å². The fraction of sp³-hybridized carbons (Fsp3) is 0.462. The molecular formula is C13H16BrNO3S. The van der Waals surface area contributed by atoms with E-state index in [0.717, 1.165) is 22.2 Å². The van der Waals surface area contributed by atoms with Crippen LogP contribution in [0.1, 0.15) is 12.8 Å². The summed E-state index contributed by atoms with van der Waals surface area (Å²) in [6, 6.07) is 7.93. The monoisotopic (exact) mass is 345 g/mol. The molecule has 2 N–H and O–H groups in total. The van der Waals surface area contributed by atoms with E-state index in [9.17, 15) is 9.90 Å². The molecule has 1 saturated heterocycles. The minimum absolute atomic E-state index is 0.0404. The van der Waals surface area contributed by atoms with Gasteiger partial charge in [0.2, 0.25) is 0 Å². The second-order valence-corrected chi connectivity index (χ2v) is 6.78. The summed E-state index contributed by atoms with van der Waals surface area (Å²) in [7, 11) is 0. The van der Waals surface area contributed by atoms with E-state index in [1.807, 2.05) is 24.3 Å². The third-order valence-electron chi connectivity index (χ3n) is 3.11. The summed E-state index contributed by atoms with van der Waals surface area (Å²) in [4.78, 5) is 13.3. The molecule has 0 radical (unpaired) electrons. The van der Waals surface area contributed by atoms with Gasteiger partial charge in [-0.2, -0.15) is 0 Å². The SMILES string of the molecule is O=C(O)N1CCCC(Sc2cccc(Br)c2)C(O)C1. The first-order valence-electron chi connectivity index (χ1n) is 6.14. The van der Waals surface area contributed by atoms with Crippen molar-refractivity contribution in [1.29, 1.82) is 0 Å². The lowest BCUT2D eigenvalue weighted by molar-refractivity contribution is 0.106. The fourth-order valence-electron chi connectivity index (χ4n) is 2.14. The van der Waals surface area contributed by atoms with Crippen LogP contribution in [0.5, 0.6) is 0 Å². The Morgan fingerprint density at radius 3 is 2.95 bits per heavy atom. The van der Waals surface area contributed by atoms with E-state index in [2.05, 4.69) is 15.9 Å². The van der Waals surface area contributed by atoms with Gasteiger partial charge in [0.1, 0.15) is 0 Å². The number of amides is 1. The van der Waals surface area contributed by atoms with E-state index in [-0.39, 0.29) is 11.8 Å². The van der Waals surface area contributed by atoms with Crippen LogP contribution in [0.4, 0.5) is 4.79 Å². The highest BCUT2D eigenvalue weighted by Crippen LogP contribution is 2.32. The largest absolute Gasteiger partial charge is 0.465 e. The first kappa shape index (κ1) is 14.7. The molecule has 2 atom stereocenters. The first-order valence-corrected chi connectivity index (χ1v) is 7.81. The lowest BCUT2D eigenvalue weighted by Gasteiger charge is -2.22. The molecule has 104 valence electrons. The molecule has 1 amide bonds. The predicted molar refractivity (Wildman–Crippen MR) is 78.6 cm³/mol. The van der Waals surface area contributed by atoms with E-state index in [4.69, 9.17) is 5.11 Å². The Morgan fingerprint density at radius 2 is 2.26 bits per heavy atom. The molecule has 6 heteroatoms. The Hall–Kier alpha value is -0.720. The number of hydrogen-bond donors (Lipinski definition) is 2. The molecule has 1 heterocycles. The topological polar surface area (TPSA) is 60.8 Å². The maximum Gasteiger partial charge on any atom is 0.407 e. The molecule has 0 saturated carbocycles. The zero-order valence-corrected chi connectivity index (χ0v) is 12.7. The third-order valence-corrected chi connectivity index (χ3v) is 4.98. The van der Waals surface area contributed by atoms with Crippen LogP contribution in [0.3, 0.4) is 0 Å². The minimum atomic E-state index is -0.952. The molecular weight excluding hydrogens is 330 g/mol. The zero-order chi connectivity index (χ0) is 13.8. The van der Waals surface area contributed by atoms with Crippen molar-refractivity contribution in [3.05, 3.63) is 28.7 Å². The van der Waals surface area contributed by atoms with E-state index in [0.29, 0.717) is 6.54 Å². The van der Waals surface area contributed by atoms with Crippen molar-refractivity contribution in [2.24, 2.45) is 0 Å². The van der Waals surface area contributed by atoms with E-state index in [1.165, 1.54) is 4.90 Å². The summed E-state index contributed by atoms with van der Waals surface area (Å²) in [5.41, 5.74) is 0. The highest BCUT2D eigenvalue weighted by Gasteiger charge is 2.28. The van der Waals surface area contributed by atoms with Gasteiger partial charge in [0.25, 0.3) is 0 Å². The summed E-state index contributed by atoms with van der Waals surface area (Å²) in [5, 5.41) is 19.2. The number of aliphatic hydroxyl groups is 1. The molecule has 1 aliphatic heterocycles. The summed E-state index contributed by atoms with van der Waals surface area (Å²) in [5.74, 6) is 0. The average molecular weight is 346 g/mol. The Bertz CT molecular complexity index is 457. The van der Waals surface area contributed by atoms with E-state index >= 15 is 0 Å². The molecule has 4 nitrogen and oxygen atoms in total. The highest BCUT2D eigenvalue weighted by molar-refractivity contribution is 9.10. The molecule has 1 aliphatic rings. The average Bonchev–Trinajstić information content (AvgIpc) is 2.52. The quantitative estimate of drug-likeness (QED) is 0.864. The lowest BCUT2D eigenvalue weighted by atomic mass is 10.2. The smallest absolute Gasteiger partial charge is 0.407 e. The number of benzene rings is 1. The molecule has 2 unspecified atom stereocenters.